The first-order valence-corrected chi connectivity index (χ1v) is 7.63. The smallest absolute Gasteiger partial charge is 0.417 e. The lowest BCUT2D eigenvalue weighted by atomic mass is 10.0. The molecule has 27 heavy (non-hydrogen) atoms. The number of alkyl halides is 6. The van der Waals surface area contributed by atoms with Gasteiger partial charge in [-0.1, -0.05) is 12.1 Å². The van der Waals surface area contributed by atoms with Crippen LogP contribution in [-0.4, -0.2) is 0 Å². The molecule has 0 spiro atoms. The first kappa shape index (κ1) is 17.4. The molecule has 0 fully saturated rings. The third kappa shape index (κ3) is 2.81. The molecule has 1 heterocycles. The highest BCUT2D eigenvalue weighted by molar-refractivity contribution is 6.00. The zero-order valence-electron chi connectivity index (χ0n) is 13.2. The molecule has 0 unspecified atom stereocenters. The minimum absolute atomic E-state index is 0.000849. The van der Waals surface area contributed by atoms with Gasteiger partial charge in [-0.25, -0.2) is 0 Å². The van der Waals surface area contributed by atoms with Gasteiger partial charge in [-0.15, -0.1) is 0 Å². The molecular formula is C19H8F6O2. The summed E-state index contributed by atoms with van der Waals surface area (Å²) >= 11 is 0. The molecule has 1 aromatic heterocycles. The largest absolute Gasteiger partial charge is 0.456 e. The van der Waals surface area contributed by atoms with Crippen molar-refractivity contribution in [2.45, 2.75) is 12.4 Å². The predicted octanol–water partition coefficient (Wildman–Crippen LogP) is 6.14. The molecule has 2 nitrogen and oxygen atoms in total. The second-order valence-electron chi connectivity index (χ2n) is 6.01. The van der Waals surface area contributed by atoms with Crippen LogP contribution in [0, 0.1) is 0 Å². The van der Waals surface area contributed by atoms with Crippen LogP contribution in [0.4, 0.5) is 26.3 Å². The van der Waals surface area contributed by atoms with Crippen molar-refractivity contribution in [1.82, 2.24) is 0 Å². The van der Waals surface area contributed by atoms with Gasteiger partial charge < -0.3 is 4.42 Å². The van der Waals surface area contributed by atoms with Crippen LogP contribution in [0.15, 0.2) is 57.7 Å². The Kier molecular flexibility index (Phi) is 3.53. The highest BCUT2D eigenvalue weighted by Crippen LogP contribution is 2.37. The fourth-order valence-electron chi connectivity index (χ4n) is 3.05. The Hall–Kier alpha value is -3.03. The van der Waals surface area contributed by atoms with E-state index >= 15 is 0 Å². The number of fused-ring (bicyclic) bond motifs is 3. The predicted molar refractivity (Wildman–Crippen MR) is 87.5 cm³/mol. The molecule has 4 aromatic rings. The van der Waals surface area contributed by atoms with E-state index in [4.69, 9.17) is 4.42 Å². The molecule has 0 bridgehead atoms. The van der Waals surface area contributed by atoms with Crippen molar-refractivity contribution in [3.63, 3.8) is 0 Å². The molecule has 0 N–H and O–H groups in total. The first-order valence-electron chi connectivity index (χ1n) is 7.63. The molecule has 0 aliphatic rings. The quantitative estimate of drug-likeness (QED) is 0.270. The maximum absolute atomic E-state index is 13.2. The fraction of sp³-hybridized carbons (Fsp3) is 0.105. The molecule has 8 heteroatoms. The van der Waals surface area contributed by atoms with Crippen LogP contribution in [-0.2, 0) is 12.4 Å². The maximum atomic E-state index is 13.2. The van der Waals surface area contributed by atoms with Crippen LogP contribution in [0.1, 0.15) is 11.1 Å². The molecule has 138 valence electrons. The van der Waals surface area contributed by atoms with Crippen molar-refractivity contribution in [3.05, 3.63) is 69.9 Å². The summed E-state index contributed by atoms with van der Waals surface area (Å²) in [4.78, 5) is 12.7. The average Bonchev–Trinajstić information content (AvgIpc) is 2.58. The van der Waals surface area contributed by atoms with Crippen LogP contribution in [0.2, 0.25) is 0 Å². The molecule has 0 saturated carbocycles. The van der Waals surface area contributed by atoms with Crippen molar-refractivity contribution in [2.75, 3.05) is 0 Å². The Morgan fingerprint density at radius 3 is 2.07 bits per heavy atom. The molecular weight excluding hydrogens is 374 g/mol. The normalized spacial score (nSPS) is 13.0. The third-order valence-corrected chi connectivity index (χ3v) is 4.30. The number of rotatable bonds is 0. The molecule has 0 atom stereocenters. The van der Waals surface area contributed by atoms with E-state index in [-0.39, 0.29) is 32.7 Å². The van der Waals surface area contributed by atoms with Crippen LogP contribution < -0.4 is 5.43 Å². The summed E-state index contributed by atoms with van der Waals surface area (Å²) in [5, 5.41) is -0.588. The minimum Gasteiger partial charge on any atom is -0.456 e. The van der Waals surface area contributed by atoms with Gasteiger partial charge >= 0.3 is 12.4 Å². The van der Waals surface area contributed by atoms with Crippen molar-refractivity contribution in [2.24, 2.45) is 0 Å². The highest BCUT2D eigenvalue weighted by atomic mass is 19.4. The fourth-order valence-corrected chi connectivity index (χ4v) is 3.05. The van der Waals surface area contributed by atoms with Crippen LogP contribution in [0.25, 0.3) is 32.7 Å². The summed E-state index contributed by atoms with van der Waals surface area (Å²) in [6.07, 6.45) is -9.31. The average molecular weight is 382 g/mol. The van der Waals surface area contributed by atoms with Gasteiger partial charge in [0.15, 0.2) is 0 Å². The first-order chi connectivity index (χ1) is 12.6. The van der Waals surface area contributed by atoms with E-state index in [1.54, 1.807) is 0 Å². The molecule has 0 aliphatic carbocycles. The number of hydrogen-bond acceptors (Lipinski definition) is 2. The van der Waals surface area contributed by atoms with Gasteiger partial charge in [0.05, 0.1) is 21.9 Å². The summed E-state index contributed by atoms with van der Waals surface area (Å²) in [6.45, 7) is 0. The van der Waals surface area contributed by atoms with E-state index in [0.717, 1.165) is 24.3 Å². The lowest BCUT2D eigenvalue weighted by Gasteiger charge is -2.11. The van der Waals surface area contributed by atoms with E-state index in [1.807, 2.05) is 0 Å². The van der Waals surface area contributed by atoms with Gasteiger partial charge in [0.1, 0.15) is 11.2 Å². The lowest BCUT2D eigenvalue weighted by Crippen LogP contribution is -2.09. The van der Waals surface area contributed by atoms with E-state index in [1.165, 1.54) is 18.2 Å². The van der Waals surface area contributed by atoms with Gasteiger partial charge in [0.2, 0.25) is 5.43 Å². The Labute approximate surface area is 146 Å². The van der Waals surface area contributed by atoms with Crippen molar-refractivity contribution in [3.8, 4) is 0 Å². The maximum Gasteiger partial charge on any atom is 0.417 e. The minimum atomic E-state index is -4.66. The summed E-state index contributed by atoms with van der Waals surface area (Å²) in [5.41, 5.74) is -2.88. The van der Waals surface area contributed by atoms with Crippen molar-refractivity contribution < 1.29 is 30.8 Å². The van der Waals surface area contributed by atoms with Gasteiger partial charge in [-0.05, 0) is 47.2 Å². The van der Waals surface area contributed by atoms with E-state index in [9.17, 15) is 31.1 Å². The second-order valence-corrected chi connectivity index (χ2v) is 6.01. The zero-order valence-corrected chi connectivity index (χ0v) is 13.2. The Morgan fingerprint density at radius 2 is 1.41 bits per heavy atom. The van der Waals surface area contributed by atoms with Crippen LogP contribution in [0.5, 0.6) is 0 Å². The molecule has 0 amide bonds. The summed E-state index contributed by atoms with van der Waals surface area (Å²) in [5.74, 6) is 0. The van der Waals surface area contributed by atoms with Gasteiger partial charge in [0, 0.05) is 0 Å². The number of halogens is 6. The van der Waals surface area contributed by atoms with Gasteiger partial charge in [-0.2, -0.15) is 26.3 Å². The van der Waals surface area contributed by atoms with Crippen LogP contribution in [0.3, 0.4) is 0 Å². The Balaban J connectivity index is 2.12. The van der Waals surface area contributed by atoms with E-state index < -0.39 is 28.9 Å². The standard InChI is InChI=1S/C19H8F6O2/c20-18(21,22)10-4-5-15-12(7-10)17(26)13-8-11-9(6-16(13)27-15)2-1-3-14(11)19(23,24)25/h1-8H. The zero-order chi connectivity index (χ0) is 19.6. The molecule has 0 aliphatic heterocycles. The van der Waals surface area contributed by atoms with Gasteiger partial charge in [0.25, 0.3) is 0 Å². The Bertz CT molecular complexity index is 1270. The van der Waals surface area contributed by atoms with Crippen molar-refractivity contribution >= 4 is 32.7 Å². The van der Waals surface area contributed by atoms with Crippen molar-refractivity contribution in [1.29, 1.82) is 0 Å². The Morgan fingerprint density at radius 1 is 0.704 bits per heavy atom. The highest BCUT2D eigenvalue weighted by Gasteiger charge is 2.33. The summed E-state index contributed by atoms with van der Waals surface area (Å²) in [6, 6.07) is 8.26. The lowest BCUT2D eigenvalue weighted by molar-refractivity contribution is -0.137. The monoisotopic (exact) mass is 382 g/mol. The molecule has 0 radical (unpaired) electrons. The topological polar surface area (TPSA) is 30.2 Å². The second kappa shape index (κ2) is 5.48. The number of hydrogen-bond donors (Lipinski definition) is 0. The number of benzene rings is 3. The van der Waals surface area contributed by atoms with Gasteiger partial charge in [-0.3, -0.25) is 4.79 Å². The third-order valence-electron chi connectivity index (χ3n) is 4.30. The molecule has 4 rings (SSSR count). The van der Waals surface area contributed by atoms with E-state index in [0.29, 0.717) is 6.07 Å². The summed E-state index contributed by atoms with van der Waals surface area (Å²) in [7, 11) is 0. The molecule has 0 saturated heterocycles. The summed E-state index contributed by atoms with van der Waals surface area (Å²) < 4.78 is 83.9. The molecule has 3 aromatic carbocycles. The van der Waals surface area contributed by atoms with Crippen LogP contribution >= 0.6 is 0 Å². The van der Waals surface area contributed by atoms with E-state index in [2.05, 4.69) is 0 Å². The SMILES string of the molecule is O=c1c2cc(C(F)(F)F)ccc2oc2cc3cccc(C(F)(F)F)c3cc12.